The lowest BCUT2D eigenvalue weighted by molar-refractivity contribution is -0.111. The minimum absolute atomic E-state index is 0.182. The number of benzene rings is 3. The molecule has 1 atom stereocenters. The van der Waals surface area contributed by atoms with E-state index in [1.54, 1.807) is 18.3 Å². The number of carbonyl (C=O) groups excluding carboxylic acids is 1. The first-order chi connectivity index (χ1) is 21.4. The van der Waals surface area contributed by atoms with Crippen molar-refractivity contribution in [3.8, 4) is 16.9 Å². The van der Waals surface area contributed by atoms with Crippen LogP contribution in [0.5, 0.6) is 5.75 Å². The van der Waals surface area contributed by atoms with Crippen molar-refractivity contribution in [2.75, 3.05) is 24.2 Å². The van der Waals surface area contributed by atoms with Crippen LogP contribution in [0.25, 0.3) is 22.0 Å². The van der Waals surface area contributed by atoms with E-state index < -0.39 is 0 Å². The Labute approximate surface area is 261 Å². The van der Waals surface area contributed by atoms with Gasteiger partial charge in [0.05, 0.1) is 21.6 Å². The fourth-order valence-electron chi connectivity index (χ4n) is 5.47. The summed E-state index contributed by atoms with van der Waals surface area (Å²) in [6.07, 6.45) is 9.06. The van der Waals surface area contributed by atoms with E-state index in [0.29, 0.717) is 28.9 Å². The zero-order chi connectivity index (χ0) is 30.5. The number of ether oxygens (including phenoxy) is 1. The van der Waals surface area contributed by atoms with E-state index in [1.807, 2.05) is 73.7 Å². The van der Waals surface area contributed by atoms with Crippen molar-refractivity contribution in [2.24, 2.45) is 0 Å². The van der Waals surface area contributed by atoms with E-state index in [0.717, 1.165) is 58.4 Å². The lowest BCUT2D eigenvalue weighted by Gasteiger charge is -2.18. The van der Waals surface area contributed by atoms with Crippen molar-refractivity contribution in [1.29, 1.82) is 0 Å². The van der Waals surface area contributed by atoms with Crippen LogP contribution in [0.4, 0.5) is 17.2 Å². The Morgan fingerprint density at radius 3 is 2.75 bits per heavy atom. The summed E-state index contributed by atoms with van der Waals surface area (Å²) < 4.78 is 5.90. The Morgan fingerprint density at radius 1 is 1.07 bits per heavy atom. The third-order valence-electron chi connectivity index (χ3n) is 7.71. The number of carbonyl (C=O) groups is 1. The number of pyridine rings is 1. The summed E-state index contributed by atoms with van der Waals surface area (Å²) in [5.41, 5.74) is 5.82. The highest BCUT2D eigenvalue weighted by molar-refractivity contribution is 6.32. The molecule has 0 bridgehead atoms. The first-order valence-corrected chi connectivity index (χ1v) is 15.0. The van der Waals surface area contributed by atoms with Crippen LogP contribution in [0.2, 0.25) is 5.02 Å². The smallest absolute Gasteiger partial charge is 0.248 e. The topological polar surface area (TPSA) is 92.3 Å². The number of hydrogen-bond donors (Lipinski definition) is 2. The Kier molecular flexibility index (Phi) is 8.81. The molecule has 0 spiro atoms. The SMILES string of the molecule is Cc1cccc(-c2c(NC(=O)/C=C/[C@H]3CCCN3C)ccc3ncnc(Nc4ccc(OCc5ccccn5)c(Cl)c4)c23)c1. The van der Waals surface area contributed by atoms with Crippen molar-refractivity contribution in [1.82, 2.24) is 19.9 Å². The highest BCUT2D eigenvalue weighted by atomic mass is 35.5. The van der Waals surface area contributed by atoms with Crippen molar-refractivity contribution in [2.45, 2.75) is 32.4 Å². The highest BCUT2D eigenvalue weighted by Crippen LogP contribution is 2.40. The molecule has 2 aromatic heterocycles. The van der Waals surface area contributed by atoms with Gasteiger partial charge in [0, 0.05) is 35.3 Å². The summed E-state index contributed by atoms with van der Waals surface area (Å²) in [5, 5.41) is 7.78. The zero-order valence-corrected chi connectivity index (χ0v) is 25.4. The van der Waals surface area contributed by atoms with Gasteiger partial charge in [-0.2, -0.15) is 0 Å². The van der Waals surface area contributed by atoms with Gasteiger partial charge in [-0.25, -0.2) is 9.97 Å². The Balaban J connectivity index is 1.33. The fourth-order valence-corrected chi connectivity index (χ4v) is 5.71. The lowest BCUT2D eigenvalue weighted by atomic mass is 9.97. The monoisotopic (exact) mass is 604 g/mol. The number of hydrogen-bond acceptors (Lipinski definition) is 7. The Morgan fingerprint density at radius 2 is 1.98 bits per heavy atom. The van der Waals surface area contributed by atoms with Gasteiger partial charge in [0.15, 0.2) is 0 Å². The van der Waals surface area contributed by atoms with Crippen LogP contribution in [0.15, 0.2) is 97.5 Å². The van der Waals surface area contributed by atoms with Gasteiger partial charge in [-0.3, -0.25) is 14.7 Å². The summed E-state index contributed by atoms with van der Waals surface area (Å²) >= 11 is 6.62. The van der Waals surface area contributed by atoms with Gasteiger partial charge in [-0.05, 0) is 81.4 Å². The largest absolute Gasteiger partial charge is 0.486 e. The number of likely N-dealkylation sites (N-methyl/N-ethyl adjacent to an activating group) is 1. The molecule has 1 aliphatic rings. The zero-order valence-electron chi connectivity index (χ0n) is 24.6. The van der Waals surface area contributed by atoms with E-state index in [9.17, 15) is 4.79 Å². The molecule has 1 aliphatic heterocycles. The van der Waals surface area contributed by atoms with Crippen LogP contribution in [0.3, 0.4) is 0 Å². The summed E-state index contributed by atoms with van der Waals surface area (Å²) in [6, 6.07) is 23.4. The fraction of sp³-hybridized carbons (Fsp3) is 0.200. The molecule has 8 nitrogen and oxygen atoms in total. The first-order valence-electron chi connectivity index (χ1n) is 14.6. The van der Waals surface area contributed by atoms with Gasteiger partial charge in [-0.1, -0.05) is 53.6 Å². The molecule has 2 N–H and O–H groups in total. The predicted octanol–water partition coefficient (Wildman–Crippen LogP) is 7.57. The molecule has 1 amide bonds. The quantitative estimate of drug-likeness (QED) is 0.168. The first kappa shape index (κ1) is 29.3. The van der Waals surface area contributed by atoms with Crippen LogP contribution in [0, 0.1) is 6.92 Å². The van der Waals surface area contributed by atoms with Gasteiger partial charge in [0.1, 0.15) is 24.5 Å². The van der Waals surface area contributed by atoms with Crippen LogP contribution in [-0.2, 0) is 11.4 Å². The van der Waals surface area contributed by atoms with Crippen molar-refractivity contribution >= 4 is 45.6 Å². The maximum atomic E-state index is 13.2. The van der Waals surface area contributed by atoms with Gasteiger partial charge >= 0.3 is 0 Å². The summed E-state index contributed by atoms with van der Waals surface area (Å²) in [6.45, 7) is 3.40. The minimum atomic E-state index is -0.182. The maximum Gasteiger partial charge on any atom is 0.248 e. The van der Waals surface area contributed by atoms with Crippen molar-refractivity contribution < 1.29 is 9.53 Å². The van der Waals surface area contributed by atoms with E-state index in [4.69, 9.17) is 16.3 Å². The number of nitrogens with zero attached hydrogens (tertiary/aromatic N) is 4. The predicted molar refractivity (Wildman–Crippen MR) is 176 cm³/mol. The summed E-state index contributed by atoms with van der Waals surface area (Å²) in [4.78, 5) is 28.9. The highest BCUT2D eigenvalue weighted by Gasteiger charge is 2.20. The number of anilines is 3. The molecule has 5 aromatic rings. The molecule has 0 aliphatic carbocycles. The summed E-state index contributed by atoms with van der Waals surface area (Å²) in [5.74, 6) is 0.958. The van der Waals surface area contributed by atoms with Gasteiger partial charge in [0.2, 0.25) is 5.91 Å². The maximum absolute atomic E-state index is 13.2. The minimum Gasteiger partial charge on any atom is -0.486 e. The molecule has 44 heavy (non-hydrogen) atoms. The van der Waals surface area contributed by atoms with Gasteiger partial charge < -0.3 is 15.4 Å². The third kappa shape index (κ3) is 6.72. The average Bonchev–Trinajstić information content (AvgIpc) is 3.44. The molecule has 1 fully saturated rings. The molecule has 0 unspecified atom stereocenters. The number of fused-ring (bicyclic) bond motifs is 1. The molecular weight excluding hydrogens is 572 g/mol. The molecule has 222 valence electrons. The number of likely N-dealkylation sites (tertiary alicyclic amines) is 1. The van der Waals surface area contributed by atoms with Gasteiger partial charge in [0.25, 0.3) is 0 Å². The van der Waals surface area contributed by atoms with E-state index in [-0.39, 0.29) is 11.9 Å². The number of halogens is 1. The second-order valence-corrected chi connectivity index (χ2v) is 11.3. The molecule has 3 aromatic carbocycles. The van der Waals surface area contributed by atoms with Crippen LogP contribution in [0.1, 0.15) is 24.1 Å². The number of amides is 1. The molecule has 6 rings (SSSR count). The number of rotatable bonds is 9. The molecule has 3 heterocycles. The lowest BCUT2D eigenvalue weighted by Crippen LogP contribution is -2.23. The van der Waals surface area contributed by atoms with E-state index in [1.165, 1.54) is 6.33 Å². The van der Waals surface area contributed by atoms with E-state index in [2.05, 4.69) is 43.6 Å². The number of aromatic nitrogens is 3. The molecular formula is C35H33ClN6O2. The Hall–Kier alpha value is -4.79. The van der Waals surface area contributed by atoms with E-state index >= 15 is 0 Å². The standard InChI is InChI=1S/C35H33ClN6O2/c1-23-7-5-8-24(19-23)33-30(41-32(43)16-12-27-10-6-18-42(27)2)14-13-29-34(33)35(39-22-38-29)40-25-11-15-31(28(36)20-25)44-21-26-9-3-4-17-37-26/h3-5,7-9,11-17,19-20,22,27H,6,10,18,21H2,1-2H3,(H,41,43)(H,38,39,40)/b16-12+/t27-/m1/s1. The number of nitrogens with one attached hydrogen (secondary N) is 2. The van der Waals surface area contributed by atoms with Crippen LogP contribution >= 0.6 is 11.6 Å². The van der Waals surface area contributed by atoms with Crippen LogP contribution in [-0.4, -0.2) is 45.4 Å². The summed E-state index contributed by atoms with van der Waals surface area (Å²) in [7, 11) is 2.09. The number of aryl methyl sites for hydroxylation is 1. The molecule has 9 heteroatoms. The van der Waals surface area contributed by atoms with Gasteiger partial charge in [-0.15, -0.1) is 0 Å². The second-order valence-electron chi connectivity index (χ2n) is 10.9. The normalized spacial score (nSPS) is 15.1. The average molecular weight is 605 g/mol. The van der Waals surface area contributed by atoms with Crippen molar-refractivity contribution in [3.05, 3.63) is 114 Å². The molecule has 1 saturated heterocycles. The van der Waals surface area contributed by atoms with Crippen molar-refractivity contribution in [3.63, 3.8) is 0 Å². The Bertz CT molecular complexity index is 1830. The third-order valence-corrected chi connectivity index (χ3v) is 8.01. The van der Waals surface area contributed by atoms with Crippen LogP contribution < -0.4 is 15.4 Å². The molecule has 0 radical (unpaired) electrons. The molecule has 0 saturated carbocycles. The second kappa shape index (κ2) is 13.2.